The van der Waals surface area contributed by atoms with E-state index in [1.807, 2.05) is 6.92 Å². The second kappa shape index (κ2) is 8.62. The van der Waals surface area contributed by atoms with Crippen LogP contribution in [0.4, 0.5) is 5.69 Å². The third-order valence-corrected chi connectivity index (χ3v) is 3.41. The van der Waals surface area contributed by atoms with Crippen molar-refractivity contribution in [2.45, 2.75) is 29.7 Å². The summed E-state index contributed by atoms with van der Waals surface area (Å²) in [4.78, 5) is 11.7. The van der Waals surface area contributed by atoms with Gasteiger partial charge < -0.3 is 21.1 Å². The van der Waals surface area contributed by atoms with E-state index in [-0.39, 0.29) is 16.8 Å². The first kappa shape index (κ1) is 19.1. The summed E-state index contributed by atoms with van der Waals surface area (Å²) in [6, 6.07) is 6.52. The number of anilines is 1. The highest BCUT2D eigenvalue weighted by Gasteiger charge is 2.34. The Morgan fingerprint density at radius 2 is 1.95 bits per heavy atom. The second-order valence-corrected chi connectivity index (χ2v) is 7.18. The number of thiocarbonyl (C=S) groups is 1. The number of rotatable bonds is 5. The molecule has 9 heteroatoms. The van der Waals surface area contributed by atoms with Crippen molar-refractivity contribution in [1.82, 2.24) is 10.6 Å². The number of phenols is 1. The minimum atomic E-state index is -1.80. The van der Waals surface area contributed by atoms with E-state index in [9.17, 15) is 9.90 Å². The van der Waals surface area contributed by atoms with Gasteiger partial charge in [-0.05, 0) is 30.8 Å². The smallest absolute Gasteiger partial charge is 0.228 e. The Labute approximate surface area is 149 Å². The Hall–Kier alpha value is -0.950. The number of hydrogen-bond donors (Lipinski definition) is 4. The lowest BCUT2D eigenvalue weighted by molar-refractivity contribution is -0.121. The summed E-state index contributed by atoms with van der Waals surface area (Å²) in [5, 5.41) is 17.8. The van der Waals surface area contributed by atoms with Crippen molar-refractivity contribution >= 4 is 63.7 Å². The van der Waals surface area contributed by atoms with Gasteiger partial charge in [0.1, 0.15) is 11.9 Å². The first-order chi connectivity index (χ1) is 10.2. The molecule has 0 saturated carbocycles. The van der Waals surface area contributed by atoms with Gasteiger partial charge in [-0.25, -0.2) is 0 Å². The van der Waals surface area contributed by atoms with Gasteiger partial charge >= 0.3 is 0 Å². The van der Waals surface area contributed by atoms with Crippen LogP contribution < -0.4 is 16.0 Å². The van der Waals surface area contributed by atoms with E-state index in [4.69, 9.17) is 47.0 Å². The summed E-state index contributed by atoms with van der Waals surface area (Å²) in [6.07, 6.45) is -0.0418. The molecule has 0 heterocycles. The molecule has 1 amide bonds. The van der Waals surface area contributed by atoms with E-state index in [2.05, 4.69) is 16.0 Å². The lowest BCUT2D eigenvalue weighted by Crippen LogP contribution is -2.56. The lowest BCUT2D eigenvalue weighted by atomic mass is 10.3. The number of carbonyl (C=O) groups excluding carboxylic acids is 1. The predicted octanol–water partition coefficient (Wildman–Crippen LogP) is 3.29. The molecule has 0 saturated heterocycles. The molecule has 1 rings (SSSR count). The second-order valence-electron chi connectivity index (χ2n) is 4.41. The number of hydrogen-bond acceptors (Lipinski definition) is 3. The highest BCUT2D eigenvalue weighted by molar-refractivity contribution is 7.80. The van der Waals surface area contributed by atoms with Crippen molar-refractivity contribution in [2.24, 2.45) is 0 Å². The normalized spacial score (nSPS) is 12.4. The van der Waals surface area contributed by atoms with E-state index in [0.29, 0.717) is 18.5 Å². The Kier molecular flexibility index (Phi) is 7.48. The molecule has 1 aromatic rings. The number of alkyl halides is 3. The molecule has 5 nitrogen and oxygen atoms in total. The predicted molar refractivity (Wildman–Crippen MR) is 94.6 cm³/mol. The first-order valence-electron chi connectivity index (χ1n) is 6.45. The molecule has 0 unspecified atom stereocenters. The van der Waals surface area contributed by atoms with Crippen LogP contribution >= 0.6 is 47.0 Å². The minimum absolute atomic E-state index is 0.0205. The third-order valence-electron chi connectivity index (χ3n) is 2.54. The lowest BCUT2D eigenvalue weighted by Gasteiger charge is -2.27. The number of carbonyl (C=O) groups is 1. The molecule has 22 heavy (non-hydrogen) atoms. The number of para-hydroxylation sites is 2. The van der Waals surface area contributed by atoms with E-state index in [1.165, 1.54) is 6.07 Å². The van der Waals surface area contributed by atoms with Crippen LogP contribution in [0.3, 0.4) is 0 Å². The van der Waals surface area contributed by atoms with Crippen molar-refractivity contribution in [3.05, 3.63) is 24.3 Å². The number of halogens is 3. The van der Waals surface area contributed by atoms with Crippen LogP contribution in [-0.2, 0) is 4.79 Å². The molecule has 0 bridgehead atoms. The van der Waals surface area contributed by atoms with Gasteiger partial charge in [0.25, 0.3) is 0 Å². The van der Waals surface area contributed by atoms with Crippen LogP contribution in [-0.4, -0.2) is 26.1 Å². The molecular formula is C13H16Cl3N3O2S. The summed E-state index contributed by atoms with van der Waals surface area (Å²) >= 11 is 22.6. The molecular weight excluding hydrogens is 369 g/mol. The Balaban J connectivity index is 2.71. The van der Waals surface area contributed by atoms with Crippen LogP contribution in [0.1, 0.15) is 19.8 Å². The number of benzene rings is 1. The molecule has 1 atom stereocenters. The van der Waals surface area contributed by atoms with Gasteiger partial charge in [0.15, 0.2) is 5.11 Å². The first-order valence-corrected chi connectivity index (χ1v) is 7.99. The van der Waals surface area contributed by atoms with Crippen LogP contribution in [0, 0.1) is 0 Å². The minimum Gasteiger partial charge on any atom is -0.506 e. The van der Waals surface area contributed by atoms with Gasteiger partial charge in [-0.1, -0.05) is 53.9 Å². The van der Waals surface area contributed by atoms with Crippen molar-refractivity contribution in [2.75, 3.05) is 5.32 Å². The van der Waals surface area contributed by atoms with Crippen LogP contribution in [0.25, 0.3) is 0 Å². The van der Waals surface area contributed by atoms with Crippen LogP contribution in [0.5, 0.6) is 5.75 Å². The largest absolute Gasteiger partial charge is 0.506 e. The Morgan fingerprint density at radius 1 is 1.32 bits per heavy atom. The fourth-order valence-corrected chi connectivity index (χ4v) is 2.08. The van der Waals surface area contributed by atoms with Crippen molar-refractivity contribution < 1.29 is 9.90 Å². The summed E-state index contributed by atoms with van der Waals surface area (Å²) < 4.78 is -1.80. The van der Waals surface area contributed by atoms with Gasteiger partial charge in [0, 0.05) is 6.42 Å². The average molecular weight is 385 g/mol. The van der Waals surface area contributed by atoms with Crippen molar-refractivity contribution in [3.8, 4) is 5.75 Å². The molecule has 4 N–H and O–H groups in total. The van der Waals surface area contributed by atoms with E-state index >= 15 is 0 Å². The standard InChI is InChI=1S/C13H16Cl3N3O2S/c1-2-5-10(21)18-11(13(14,15)16)19-12(22)17-8-6-3-4-7-9(8)20/h3-4,6-7,11,20H,2,5H2,1H3,(H,18,21)(H2,17,19,22)/t11-/m0/s1. The molecule has 122 valence electrons. The molecule has 0 aliphatic rings. The Bertz CT molecular complexity index is 538. The SMILES string of the molecule is CCCC(=O)N[C@@H](NC(=S)Nc1ccccc1O)C(Cl)(Cl)Cl. The topological polar surface area (TPSA) is 73.4 Å². The zero-order valence-corrected chi connectivity index (χ0v) is 14.8. The summed E-state index contributed by atoms with van der Waals surface area (Å²) in [7, 11) is 0. The van der Waals surface area contributed by atoms with Gasteiger partial charge in [-0.3, -0.25) is 4.79 Å². The molecule has 0 aliphatic heterocycles. The molecule has 1 aromatic carbocycles. The van der Waals surface area contributed by atoms with E-state index in [0.717, 1.165) is 0 Å². The third kappa shape index (κ3) is 6.44. The number of aromatic hydroxyl groups is 1. The molecule has 0 aromatic heterocycles. The molecule has 0 aliphatic carbocycles. The highest BCUT2D eigenvalue weighted by atomic mass is 35.6. The maximum Gasteiger partial charge on any atom is 0.228 e. The summed E-state index contributed by atoms with van der Waals surface area (Å²) in [5.41, 5.74) is 0.392. The molecule has 0 fully saturated rings. The maximum absolute atomic E-state index is 11.7. The highest BCUT2D eigenvalue weighted by Crippen LogP contribution is 2.29. The van der Waals surface area contributed by atoms with Crippen LogP contribution in [0.2, 0.25) is 0 Å². The monoisotopic (exact) mass is 383 g/mol. The summed E-state index contributed by atoms with van der Waals surface area (Å²) in [5.74, 6) is -0.246. The quantitative estimate of drug-likeness (QED) is 0.271. The van der Waals surface area contributed by atoms with Gasteiger partial charge in [0.2, 0.25) is 9.70 Å². The fourth-order valence-electron chi connectivity index (χ4n) is 1.53. The van der Waals surface area contributed by atoms with Crippen molar-refractivity contribution in [1.29, 1.82) is 0 Å². The Morgan fingerprint density at radius 3 is 2.50 bits per heavy atom. The van der Waals surface area contributed by atoms with E-state index in [1.54, 1.807) is 18.2 Å². The van der Waals surface area contributed by atoms with Gasteiger partial charge in [0.05, 0.1) is 5.69 Å². The van der Waals surface area contributed by atoms with Crippen LogP contribution in [0.15, 0.2) is 24.3 Å². The van der Waals surface area contributed by atoms with Gasteiger partial charge in [-0.15, -0.1) is 0 Å². The van der Waals surface area contributed by atoms with Crippen molar-refractivity contribution in [3.63, 3.8) is 0 Å². The van der Waals surface area contributed by atoms with Gasteiger partial charge in [-0.2, -0.15) is 0 Å². The fraction of sp³-hybridized carbons (Fsp3) is 0.385. The number of phenolic OH excluding ortho intramolecular Hbond substituents is 1. The zero-order valence-electron chi connectivity index (χ0n) is 11.7. The number of nitrogens with one attached hydrogen (secondary N) is 3. The average Bonchev–Trinajstić information content (AvgIpc) is 2.40. The van der Waals surface area contributed by atoms with E-state index < -0.39 is 9.96 Å². The maximum atomic E-state index is 11.7. The molecule has 0 spiro atoms. The summed E-state index contributed by atoms with van der Waals surface area (Å²) in [6.45, 7) is 1.86. The number of amides is 1. The zero-order chi connectivity index (χ0) is 16.8. The molecule has 0 radical (unpaired) electrons.